The largest absolute Gasteiger partial charge is 0.465 e. The fourth-order valence-electron chi connectivity index (χ4n) is 6.65. The summed E-state index contributed by atoms with van der Waals surface area (Å²) in [5, 5.41) is 3.59. The minimum absolute atomic E-state index is 0.161. The first kappa shape index (κ1) is 20.5. The number of nitrogens with zero attached hydrogens (tertiary/aromatic N) is 1. The van der Waals surface area contributed by atoms with Crippen LogP contribution in [0.5, 0.6) is 0 Å². The molecule has 162 valence electrons. The fraction of sp³-hybridized carbons (Fsp3) is 0.480. The summed E-state index contributed by atoms with van der Waals surface area (Å²) in [6.45, 7) is 0.718. The summed E-state index contributed by atoms with van der Waals surface area (Å²) in [7, 11) is 1.34. The first-order valence-electron chi connectivity index (χ1n) is 11.1. The molecule has 4 aliphatic rings. The Bertz CT molecular complexity index is 1000. The third kappa shape index (κ3) is 3.84. The van der Waals surface area contributed by atoms with E-state index < -0.39 is 5.97 Å². The van der Waals surface area contributed by atoms with Crippen LogP contribution in [0, 0.1) is 23.2 Å². The van der Waals surface area contributed by atoms with Gasteiger partial charge in [0.1, 0.15) is 0 Å². The number of nitrogens with one attached hydrogen (secondary N) is 1. The molecule has 1 aromatic heterocycles. The molecule has 6 heteroatoms. The lowest BCUT2D eigenvalue weighted by Gasteiger charge is -2.56. The zero-order valence-electron chi connectivity index (χ0n) is 17.7. The van der Waals surface area contributed by atoms with Crippen molar-refractivity contribution in [3.05, 3.63) is 52.8 Å². The minimum atomic E-state index is -0.444. The van der Waals surface area contributed by atoms with Gasteiger partial charge in [0.05, 0.1) is 23.3 Å². The topological polar surface area (TPSA) is 68.3 Å². The molecule has 4 saturated carbocycles. The van der Waals surface area contributed by atoms with Crippen LogP contribution in [-0.4, -0.2) is 30.5 Å². The molecule has 2 aromatic rings. The summed E-state index contributed by atoms with van der Waals surface area (Å²) in [4.78, 5) is 29.4. The molecule has 4 bridgehead atoms. The maximum absolute atomic E-state index is 13.1. The SMILES string of the molecule is COC(=O)c1ccncc1-c1ccc(Cl)c(C(=O)NCC23CC4CC(CC(C4)C2)C3)c1. The van der Waals surface area contributed by atoms with Gasteiger partial charge in [-0.1, -0.05) is 17.7 Å². The highest BCUT2D eigenvalue weighted by Gasteiger charge is 2.50. The van der Waals surface area contributed by atoms with Crippen molar-refractivity contribution in [2.24, 2.45) is 23.2 Å². The van der Waals surface area contributed by atoms with Crippen molar-refractivity contribution in [3.8, 4) is 11.1 Å². The molecule has 0 spiro atoms. The summed E-state index contributed by atoms with van der Waals surface area (Å²) in [6.07, 6.45) is 11.0. The Morgan fingerprint density at radius 1 is 1.10 bits per heavy atom. The number of rotatable bonds is 5. The molecule has 4 aliphatic carbocycles. The van der Waals surface area contributed by atoms with Crippen molar-refractivity contribution in [2.45, 2.75) is 38.5 Å². The van der Waals surface area contributed by atoms with Crippen LogP contribution < -0.4 is 5.32 Å². The number of hydrogen-bond donors (Lipinski definition) is 1. The van der Waals surface area contributed by atoms with Gasteiger partial charge < -0.3 is 10.1 Å². The second kappa shape index (κ2) is 7.94. The maximum atomic E-state index is 13.1. The molecule has 6 rings (SSSR count). The highest BCUT2D eigenvalue weighted by molar-refractivity contribution is 6.34. The Morgan fingerprint density at radius 3 is 2.42 bits per heavy atom. The molecule has 31 heavy (non-hydrogen) atoms. The van der Waals surface area contributed by atoms with Gasteiger partial charge in [-0.15, -0.1) is 0 Å². The Kier molecular flexibility index (Phi) is 5.25. The van der Waals surface area contributed by atoms with E-state index in [4.69, 9.17) is 16.3 Å². The van der Waals surface area contributed by atoms with Gasteiger partial charge in [0.25, 0.3) is 5.91 Å². The third-order valence-corrected chi connectivity index (χ3v) is 7.87. The first-order chi connectivity index (χ1) is 15.0. The standard InChI is InChI=1S/C25H27ClN2O3/c1-31-24(30)19-4-5-27-13-21(19)18-2-3-22(26)20(9-18)23(29)28-14-25-10-15-6-16(11-25)8-17(7-15)12-25/h2-5,9,13,15-17H,6-8,10-12,14H2,1H3,(H,28,29). The van der Waals surface area contributed by atoms with E-state index in [1.807, 2.05) is 0 Å². The lowest BCUT2D eigenvalue weighted by atomic mass is 9.49. The number of aromatic nitrogens is 1. The third-order valence-electron chi connectivity index (χ3n) is 7.54. The van der Waals surface area contributed by atoms with E-state index in [1.165, 1.54) is 45.6 Å². The van der Waals surface area contributed by atoms with Crippen molar-refractivity contribution in [2.75, 3.05) is 13.7 Å². The van der Waals surface area contributed by atoms with Crippen LogP contribution in [0.2, 0.25) is 5.02 Å². The number of pyridine rings is 1. The molecule has 1 aromatic carbocycles. The molecular formula is C25H27ClN2O3. The van der Waals surface area contributed by atoms with Gasteiger partial charge in [-0.3, -0.25) is 9.78 Å². The smallest absolute Gasteiger partial charge is 0.338 e. The molecule has 0 unspecified atom stereocenters. The number of benzene rings is 1. The average molecular weight is 439 g/mol. The highest BCUT2D eigenvalue weighted by Crippen LogP contribution is 2.59. The van der Waals surface area contributed by atoms with Crippen LogP contribution in [0.25, 0.3) is 11.1 Å². The number of hydrogen-bond acceptors (Lipinski definition) is 4. The number of halogens is 1. The highest BCUT2D eigenvalue weighted by atomic mass is 35.5. The van der Waals surface area contributed by atoms with Gasteiger partial charge >= 0.3 is 5.97 Å². The number of carbonyl (C=O) groups excluding carboxylic acids is 2. The first-order valence-corrected chi connectivity index (χ1v) is 11.4. The van der Waals surface area contributed by atoms with Gasteiger partial charge in [0, 0.05) is 24.5 Å². The van der Waals surface area contributed by atoms with E-state index in [-0.39, 0.29) is 11.3 Å². The van der Waals surface area contributed by atoms with Crippen LogP contribution >= 0.6 is 11.6 Å². The molecule has 1 amide bonds. The fourth-order valence-corrected chi connectivity index (χ4v) is 6.85. The van der Waals surface area contributed by atoms with Gasteiger partial charge in [-0.25, -0.2) is 4.79 Å². The van der Waals surface area contributed by atoms with Crippen molar-refractivity contribution < 1.29 is 14.3 Å². The van der Waals surface area contributed by atoms with Crippen LogP contribution in [0.3, 0.4) is 0 Å². The number of amides is 1. The van der Waals surface area contributed by atoms with Gasteiger partial charge in [0.2, 0.25) is 0 Å². The zero-order chi connectivity index (χ0) is 21.6. The Labute approximate surface area is 187 Å². The quantitative estimate of drug-likeness (QED) is 0.656. The summed E-state index contributed by atoms with van der Waals surface area (Å²) >= 11 is 6.39. The predicted molar refractivity (Wildman–Crippen MR) is 119 cm³/mol. The van der Waals surface area contributed by atoms with Crippen LogP contribution in [-0.2, 0) is 4.74 Å². The van der Waals surface area contributed by atoms with Crippen LogP contribution in [0.1, 0.15) is 59.2 Å². The summed E-state index contributed by atoms with van der Waals surface area (Å²) in [6, 6.07) is 6.84. The second-order valence-corrected chi connectivity index (χ2v) is 10.1. The number of esters is 1. The molecule has 5 nitrogen and oxygen atoms in total. The normalized spacial score (nSPS) is 28.4. The Balaban J connectivity index is 1.37. The number of ether oxygens (including phenoxy) is 1. The summed E-state index contributed by atoms with van der Waals surface area (Å²) in [5.74, 6) is 1.93. The Hall–Kier alpha value is -2.40. The van der Waals surface area contributed by atoms with E-state index in [1.54, 1.807) is 36.7 Å². The van der Waals surface area contributed by atoms with Gasteiger partial charge in [-0.05, 0) is 85.5 Å². The molecule has 1 heterocycles. The van der Waals surface area contributed by atoms with E-state index in [2.05, 4.69) is 10.3 Å². The van der Waals surface area contributed by atoms with Crippen molar-refractivity contribution in [1.82, 2.24) is 10.3 Å². The molecular weight excluding hydrogens is 412 g/mol. The zero-order valence-corrected chi connectivity index (χ0v) is 18.5. The molecule has 1 N–H and O–H groups in total. The van der Waals surface area contributed by atoms with E-state index in [0.717, 1.165) is 24.3 Å². The van der Waals surface area contributed by atoms with Crippen molar-refractivity contribution >= 4 is 23.5 Å². The van der Waals surface area contributed by atoms with E-state index in [0.29, 0.717) is 27.3 Å². The lowest BCUT2D eigenvalue weighted by Crippen LogP contribution is -2.51. The minimum Gasteiger partial charge on any atom is -0.465 e. The number of methoxy groups -OCH3 is 1. The monoisotopic (exact) mass is 438 g/mol. The molecule has 0 atom stereocenters. The Morgan fingerprint density at radius 2 is 1.77 bits per heavy atom. The van der Waals surface area contributed by atoms with Crippen LogP contribution in [0.15, 0.2) is 36.7 Å². The van der Waals surface area contributed by atoms with E-state index >= 15 is 0 Å². The second-order valence-electron chi connectivity index (χ2n) is 9.71. The van der Waals surface area contributed by atoms with Crippen molar-refractivity contribution in [1.29, 1.82) is 0 Å². The molecule has 0 aliphatic heterocycles. The van der Waals surface area contributed by atoms with Gasteiger partial charge in [-0.2, -0.15) is 0 Å². The van der Waals surface area contributed by atoms with E-state index in [9.17, 15) is 9.59 Å². The average Bonchev–Trinajstić information content (AvgIpc) is 2.76. The van der Waals surface area contributed by atoms with Crippen LogP contribution in [0.4, 0.5) is 0 Å². The lowest BCUT2D eigenvalue weighted by molar-refractivity contribution is -0.0503. The predicted octanol–water partition coefficient (Wildman–Crippen LogP) is 5.13. The summed E-state index contributed by atoms with van der Waals surface area (Å²) < 4.78 is 4.88. The maximum Gasteiger partial charge on any atom is 0.338 e. The molecule has 0 radical (unpaired) electrons. The van der Waals surface area contributed by atoms with Gasteiger partial charge in [0.15, 0.2) is 0 Å². The number of carbonyl (C=O) groups is 2. The van der Waals surface area contributed by atoms with Crippen molar-refractivity contribution in [3.63, 3.8) is 0 Å². The summed E-state index contributed by atoms with van der Waals surface area (Å²) in [5.41, 5.74) is 2.40. The molecule has 4 fully saturated rings. The molecule has 0 saturated heterocycles.